The van der Waals surface area contributed by atoms with Crippen LogP contribution in [0.1, 0.15) is 72.3 Å². The van der Waals surface area contributed by atoms with E-state index in [4.69, 9.17) is 9.72 Å². The van der Waals surface area contributed by atoms with Gasteiger partial charge in [-0.2, -0.15) is 0 Å². The third-order valence-corrected chi connectivity index (χ3v) is 5.60. The number of aromatic nitrogens is 2. The van der Waals surface area contributed by atoms with Crippen molar-refractivity contribution in [2.24, 2.45) is 5.41 Å². The van der Waals surface area contributed by atoms with Crippen molar-refractivity contribution in [3.05, 3.63) is 46.1 Å². The standard InChI is InChI=1S/C24H36N2O2/c1-7-11-21-25-20(8-2)22(23(27)26(21)10-4)18-12-14-19(15-13-18)28-17-16-24(5,6)9-3/h12-15H,7-11,16-17H2,1-6H3. The smallest absolute Gasteiger partial charge is 0.261 e. The molecular formula is C24H36N2O2. The highest BCUT2D eigenvalue weighted by Crippen LogP contribution is 2.26. The van der Waals surface area contributed by atoms with Crippen LogP contribution in [-0.2, 0) is 19.4 Å². The van der Waals surface area contributed by atoms with Crippen LogP contribution in [0, 0.1) is 5.41 Å². The van der Waals surface area contributed by atoms with Crippen LogP contribution >= 0.6 is 0 Å². The fourth-order valence-corrected chi connectivity index (χ4v) is 3.27. The minimum atomic E-state index is 0.0659. The predicted molar refractivity (Wildman–Crippen MR) is 117 cm³/mol. The quantitative estimate of drug-likeness (QED) is 0.531. The molecule has 4 heteroatoms. The highest BCUT2D eigenvalue weighted by molar-refractivity contribution is 5.66. The molecule has 28 heavy (non-hydrogen) atoms. The Labute approximate surface area is 170 Å². The SMILES string of the molecule is CCCc1nc(CC)c(-c2ccc(OCCC(C)(C)CC)cc2)c(=O)n1CC. The summed E-state index contributed by atoms with van der Waals surface area (Å²) in [5, 5.41) is 0. The zero-order chi connectivity index (χ0) is 20.7. The molecule has 0 saturated heterocycles. The van der Waals surface area contributed by atoms with Crippen molar-refractivity contribution < 1.29 is 4.74 Å². The first-order valence-corrected chi connectivity index (χ1v) is 10.7. The summed E-state index contributed by atoms with van der Waals surface area (Å²) in [6.45, 7) is 14.3. The number of hydrogen-bond donors (Lipinski definition) is 0. The average Bonchev–Trinajstić information content (AvgIpc) is 2.68. The number of nitrogens with zero attached hydrogens (tertiary/aromatic N) is 2. The van der Waals surface area contributed by atoms with Gasteiger partial charge >= 0.3 is 0 Å². The second kappa shape index (κ2) is 9.90. The van der Waals surface area contributed by atoms with Gasteiger partial charge in [0, 0.05) is 13.0 Å². The summed E-state index contributed by atoms with van der Waals surface area (Å²) in [5.74, 6) is 1.74. The zero-order valence-corrected chi connectivity index (χ0v) is 18.5. The summed E-state index contributed by atoms with van der Waals surface area (Å²) >= 11 is 0. The van der Waals surface area contributed by atoms with Gasteiger partial charge in [0.15, 0.2) is 0 Å². The molecule has 0 fully saturated rings. The van der Waals surface area contributed by atoms with Crippen molar-refractivity contribution in [3.8, 4) is 16.9 Å². The molecule has 0 unspecified atom stereocenters. The van der Waals surface area contributed by atoms with Crippen molar-refractivity contribution in [1.82, 2.24) is 9.55 Å². The van der Waals surface area contributed by atoms with Crippen LogP contribution < -0.4 is 10.3 Å². The van der Waals surface area contributed by atoms with Crippen LogP contribution in [0.2, 0.25) is 0 Å². The Bertz CT molecular complexity index is 820. The van der Waals surface area contributed by atoms with E-state index in [1.807, 2.05) is 35.8 Å². The second-order valence-electron chi connectivity index (χ2n) is 8.14. The minimum absolute atomic E-state index is 0.0659. The monoisotopic (exact) mass is 384 g/mol. The zero-order valence-electron chi connectivity index (χ0n) is 18.5. The summed E-state index contributed by atoms with van der Waals surface area (Å²) in [5.41, 5.74) is 2.89. The van der Waals surface area contributed by atoms with Gasteiger partial charge in [-0.05, 0) is 49.3 Å². The van der Waals surface area contributed by atoms with E-state index in [1.54, 1.807) is 0 Å². The Morgan fingerprint density at radius 3 is 2.29 bits per heavy atom. The number of hydrogen-bond acceptors (Lipinski definition) is 3. The molecule has 154 valence electrons. The van der Waals surface area contributed by atoms with Crippen LogP contribution in [0.5, 0.6) is 5.75 Å². The van der Waals surface area contributed by atoms with Crippen molar-refractivity contribution in [2.75, 3.05) is 6.61 Å². The lowest BCUT2D eigenvalue weighted by atomic mass is 9.87. The molecular weight excluding hydrogens is 348 g/mol. The van der Waals surface area contributed by atoms with Crippen molar-refractivity contribution in [2.45, 2.75) is 80.2 Å². The van der Waals surface area contributed by atoms with E-state index in [0.717, 1.165) is 60.5 Å². The first-order chi connectivity index (χ1) is 13.4. The van der Waals surface area contributed by atoms with E-state index in [0.29, 0.717) is 18.6 Å². The number of ether oxygens (including phenoxy) is 1. The van der Waals surface area contributed by atoms with Gasteiger partial charge in [0.1, 0.15) is 11.6 Å². The molecule has 0 aliphatic heterocycles. The highest BCUT2D eigenvalue weighted by Gasteiger charge is 2.17. The molecule has 0 saturated carbocycles. The summed E-state index contributed by atoms with van der Waals surface area (Å²) < 4.78 is 7.73. The highest BCUT2D eigenvalue weighted by atomic mass is 16.5. The third kappa shape index (κ3) is 5.24. The lowest BCUT2D eigenvalue weighted by molar-refractivity contribution is 0.223. The number of rotatable bonds is 10. The third-order valence-electron chi connectivity index (χ3n) is 5.60. The lowest BCUT2D eigenvalue weighted by Gasteiger charge is -2.22. The average molecular weight is 385 g/mol. The summed E-state index contributed by atoms with van der Waals surface area (Å²) in [7, 11) is 0. The van der Waals surface area contributed by atoms with Gasteiger partial charge in [-0.25, -0.2) is 4.98 Å². The van der Waals surface area contributed by atoms with Gasteiger partial charge in [-0.3, -0.25) is 9.36 Å². The van der Waals surface area contributed by atoms with E-state index in [-0.39, 0.29) is 5.56 Å². The van der Waals surface area contributed by atoms with Gasteiger partial charge in [0.05, 0.1) is 17.9 Å². The second-order valence-corrected chi connectivity index (χ2v) is 8.14. The molecule has 2 aromatic rings. The largest absolute Gasteiger partial charge is 0.494 e. The van der Waals surface area contributed by atoms with Crippen molar-refractivity contribution in [1.29, 1.82) is 0 Å². The maximum absolute atomic E-state index is 13.2. The van der Waals surface area contributed by atoms with Crippen LogP contribution in [0.15, 0.2) is 29.1 Å². The Kier molecular flexibility index (Phi) is 7.85. The number of benzene rings is 1. The summed E-state index contributed by atoms with van der Waals surface area (Å²) in [6, 6.07) is 7.89. The molecule has 0 bridgehead atoms. The van der Waals surface area contributed by atoms with Crippen LogP contribution in [0.4, 0.5) is 0 Å². The van der Waals surface area contributed by atoms with E-state index < -0.39 is 0 Å². The molecule has 0 aliphatic carbocycles. The Morgan fingerprint density at radius 1 is 1.07 bits per heavy atom. The van der Waals surface area contributed by atoms with Gasteiger partial charge in [0.2, 0.25) is 0 Å². The molecule has 4 nitrogen and oxygen atoms in total. The maximum atomic E-state index is 13.2. The van der Waals surface area contributed by atoms with Crippen LogP contribution in [0.25, 0.3) is 11.1 Å². The Balaban J connectivity index is 2.29. The fourth-order valence-electron chi connectivity index (χ4n) is 3.27. The van der Waals surface area contributed by atoms with E-state index in [1.165, 1.54) is 0 Å². The fraction of sp³-hybridized carbons (Fsp3) is 0.583. The minimum Gasteiger partial charge on any atom is -0.494 e. The van der Waals surface area contributed by atoms with E-state index >= 15 is 0 Å². The first-order valence-electron chi connectivity index (χ1n) is 10.7. The maximum Gasteiger partial charge on any atom is 0.261 e. The van der Waals surface area contributed by atoms with Gasteiger partial charge < -0.3 is 4.74 Å². The topological polar surface area (TPSA) is 44.1 Å². The van der Waals surface area contributed by atoms with E-state index in [2.05, 4.69) is 34.6 Å². The Morgan fingerprint density at radius 2 is 1.75 bits per heavy atom. The molecule has 0 N–H and O–H groups in total. The molecule has 0 atom stereocenters. The normalized spacial score (nSPS) is 11.6. The first kappa shape index (κ1) is 22.2. The Hall–Kier alpha value is -2.10. The summed E-state index contributed by atoms with van der Waals surface area (Å²) in [4.78, 5) is 18.0. The van der Waals surface area contributed by atoms with Crippen molar-refractivity contribution >= 4 is 0 Å². The van der Waals surface area contributed by atoms with Crippen LogP contribution in [0.3, 0.4) is 0 Å². The van der Waals surface area contributed by atoms with Crippen molar-refractivity contribution in [3.63, 3.8) is 0 Å². The van der Waals surface area contributed by atoms with Crippen LogP contribution in [-0.4, -0.2) is 16.2 Å². The van der Waals surface area contributed by atoms with Gasteiger partial charge in [0.25, 0.3) is 5.56 Å². The molecule has 0 radical (unpaired) electrons. The molecule has 0 spiro atoms. The molecule has 2 rings (SSSR count). The van der Waals surface area contributed by atoms with Gasteiger partial charge in [-0.1, -0.05) is 53.2 Å². The lowest BCUT2D eigenvalue weighted by Crippen LogP contribution is -2.27. The molecule has 0 amide bonds. The number of aryl methyl sites for hydroxylation is 2. The predicted octanol–water partition coefficient (Wildman–Crippen LogP) is 5.65. The molecule has 1 heterocycles. The molecule has 1 aromatic heterocycles. The summed E-state index contributed by atoms with van der Waals surface area (Å²) in [6.07, 6.45) is 4.72. The van der Waals surface area contributed by atoms with Gasteiger partial charge in [-0.15, -0.1) is 0 Å². The molecule has 1 aromatic carbocycles. The molecule has 0 aliphatic rings. The van der Waals surface area contributed by atoms with E-state index in [9.17, 15) is 4.79 Å².